The number of fused-ring (bicyclic) bond motifs is 1. The van der Waals surface area contributed by atoms with E-state index in [1.54, 1.807) is 4.52 Å². The topological polar surface area (TPSA) is 59.3 Å². The maximum Gasteiger partial charge on any atom is 0.250 e. The van der Waals surface area contributed by atoms with Crippen molar-refractivity contribution in [1.29, 1.82) is 0 Å². The summed E-state index contributed by atoms with van der Waals surface area (Å²) in [4.78, 5) is 17.2. The second kappa shape index (κ2) is 4.68. The molecular weight excluding hydrogens is 248 g/mol. The minimum Gasteiger partial charge on any atom is -0.293 e. The summed E-state index contributed by atoms with van der Waals surface area (Å²) < 4.78 is 1.77. The van der Waals surface area contributed by atoms with Crippen LogP contribution in [0.25, 0.3) is 4.96 Å². The van der Waals surface area contributed by atoms with E-state index in [2.05, 4.69) is 15.4 Å². The van der Waals surface area contributed by atoms with E-state index >= 15 is 0 Å². The van der Waals surface area contributed by atoms with Crippen molar-refractivity contribution in [2.45, 2.75) is 39.0 Å². The van der Waals surface area contributed by atoms with E-state index in [1.807, 2.05) is 12.3 Å². The third kappa shape index (κ3) is 2.12. The molecule has 3 rings (SSSR count). The van der Waals surface area contributed by atoms with Crippen LogP contribution in [0.4, 0.5) is 5.95 Å². The average Bonchev–Trinajstić information content (AvgIpc) is 2.93. The van der Waals surface area contributed by atoms with Gasteiger partial charge in [-0.1, -0.05) is 19.3 Å². The first-order chi connectivity index (χ1) is 8.74. The number of nitrogens with one attached hydrogen (secondary N) is 1. The fourth-order valence-corrected chi connectivity index (χ4v) is 3.22. The molecule has 1 N–H and O–H groups in total. The maximum atomic E-state index is 12.1. The second-order valence-electron chi connectivity index (χ2n) is 4.83. The Hall–Kier alpha value is -1.43. The molecule has 1 fully saturated rings. The predicted molar refractivity (Wildman–Crippen MR) is 70.8 cm³/mol. The number of thiazole rings is 1. The zero-order valence-electron chi connectivity index (χ0n) is 10.3. The van der Waals surface area contributed by atoms with Crippen molar-refractivity contribution in [2.75, 3.05) is 5.32 Å². The van der Waals surface area contributed by atoms with Crippen LogP contribution in [0.15, 0.2) is 5.38 Å². The number of aromatic nitrogens is 3. The highest BCUT2D eigenvalue weighted by Crippen LogP contribution is 2.24. The molecule has 0 spiro atoms. The summed E-state index contributed by atoms with van der Waals surface area (Å²) >= 11 is 1.54. The van der Waals surface area contributed by atoms with Gasteiger partial charge in [-0.2, -0.15) is 4.98 Å². The number of carbonyl (C=O) groups is 1. The lowest BCUT2D eigenvalue weighted by molar-refractivity contribution is -0.120. The summed E-state index contributed by atoms with van der Waals surface area (Å²) in [5.74, 6) is 0.646. The van der Waals surface area contributed by atoms with Crippen LogP contribution in [0.2, 0.25) is 0 Å². The second-order valence-corrected chi connectivity index (χ2v) is 5.67. The molecule has 96 valence electrons. The third-order valence-corrected chi connectivity index (χ3v) is 4.39. The summed E-state index contributed by atoms with van der Waals surface area (Å²) in [5.41, 5.74) is 1.04. The molecule has 0 atom stereocenters. The lowest BCUT2D eigenvalue weighted by Gasteiger charge is -2.19. The van der Waals surface area contributed by atoms with Crippen LogP contribution in [-0.4, -0.2) is 20.5 Å². The minimum absolute atomic E-state index is 0.0746. The first kappa shape index (κ1) is 11.6. The molecule has 0 bridgehead atoms. The van der Waals surface area contributed by atoms with Crippen LogP contribution < -0.4 is 5.32 Å². The highest BCUT2D eigenvalue weighted by atomic mass is 32.1. The van der Waals surface area contributed by atoms with Gasteiger partial charge in [0.1, 0.15) is 0 Å². The normalized spacial score (nSPS) is 17.2. The van der Waals surface area contributed by atoms with Gasteiger partial charge in [0.25, 0.3) is 0 Å². The van der Waals surface area contributed by atoms with E-state index < -0.39 is 0 Å². The Bertz CT molecular complexity index is 568. The highest BCUT2D eigenvalue weighted by Gasteiger charge is 2.22. The van der Waals surface area contributed by atoms with Gasteiger partial charge in [-0.3, -0.25) is 10.1 Å². The van der Waals surface area contributed by atoms with Crippen LogP contribution in [-0.2, 0) is 4.79 Å². The predicted octanol–water partition coefficient (Wildman–Crippen LogP) is 2.62. The molecule has 0 unspecified atom stereocenters. The van der Waals surface area contributed by atoms with Crippen molar-refractivity contribution in [2.24, 2.45) is 5.92 Å². The first-order valence-corrected chi connectivity index (χ1v) is 7.24. The lowest BCUT2D eigenvalue weighted by atomic mass is 9.89. The Kier molecular flexibility index (Phi) is 3.03. The number of nitrogens with zero attached hydrogens (tertiary/aromatic N) is 3. The van der Waals surface area contributed by atoms with Gasteiger partial charge < -0.3 is 0 Å². The Balaban J connectivity index is 1.73. The van der Waals surface area contributed by atoms with E-state index in [-0.39, 0.29) is 11.8 Å². The molecule has 1 amide bonds. The summed E-state index contributed by atoms with van der Waals surface area (Å²) in [6.07, 6.45) is 5.55. The van der Waals surface area contributed by atoms with Crippen molar-refractivity contribution < 1.29 is 4.79 Å². The van der Waals surface area contributed by atoms with E-state index in [0.29, 0.717) is 5.95 Å². The molecule has 0 radical (unpaired) electrons. The minimum atomic E-state index is 0.0746. The maximum absolute atomic E-state index is 12.1. The van der Waals surface area contributed by atoms with Crippen LogP contribution in [0.5, 0.6) is 0 Å². The quantitative estimate of drug-likeness (QED) is 0.907. The van der Waals surface area contributed by atoms with Crippen LogP contribution in [0.3, 0.4) is 0 Å². The number of hydrogen-bond donors (Lipinski definition) is 1. The van der Waals surface area contributed by atoms with E-state index in [4.69, 9.17) is 0 Å². The van der Waals surface area contributed by atoms with Crippen molar-refractivity contribution in [3.63, 3.8) is 0 Å². The molecule has 0 saturated heterocycles. The Morgan fingerprint density at radius 2 is 2.22 bits per heavy atom. The van der Waals surface area contributed by atoms with Crippen LogP contribution >= 0.6 is 11.3 Å². The number of rotatable bonds is 2. The standard InChI is InChI=1S/C12H16N4OS/c1-8-7-18-12-14-11(15-16(8)12)13-10(17)9-5-3-2-4-6-9/h7,9H,2-6H2,1H3,(H,13,15,17). The smallest absolute Gasteiger partial charge is 0.250 e. The molecule has 2 aromatic heterocycles. The van der Waals surface area contributed by atoms with E-state index in [0.717, 1.165) is 36.3 Å². The van der Waals surface area contributed by atoms with Crippen LogP contribution in [0.1, 0.15) is 37.8 Å². The number of amides is 1. The molecule has 18 heavy (non-hydrogen) atoms. The molecule has 1 aliphatic rings. The van der Waals surface area contributed by atoms with Gasteiger partial charge in [-0.25, -0.2) is 4.52 Å². The molecule has 0 aliphatic heterocycles. The van der Waals surface area contributed by atoms with Crippen LogP contribution in [0, 0.1) is 12.8 Å². The molecular formula is C12H16N4OS. The van der Waals surface area contributed by atoms with Crippen molar-refractivity contribution >= 4 is 28.2 Å². The average molecular weight is 264 g/mol. The SMILES string of the molecule is Cc1csc2nc(NC(=O)C3CCCCC3)nn12. The zero-order valence-corrected chi connectivity index (χ0v) is 11.2. The molecule has 1 saturated carbocycles. The fourth-order valence-electron chi connectivity index (χ4n) is 2.42. The van der Waals surface area contributed by atoms with Gasteiger partial charge in [0.05, 0.1) is 5.69 Å². The Morgan fingerprint density at radius 3 is 2.94 bits per heavy atom. The number of hydrogen-bond acceptors (Lipinski definition) is 4. The van der Waals surface area contributed by atoms with Gasteiger partial charge >= 0.3 is 0 Å². The molecule has 5 nitrogen and oxygen atoms in total. The van der Waals surface area contributed by atoms with E-state index in [1.165, 1.54) is 17.8 Å². The number of aryl methyl sites for hydroxylation is 1. The monoisotopic (exact) mass is 264 g/mol. The van der Waals surface area contributed by atoms with Gasteiger partial charge in [0.2, 0.25) is 16.8 Å². The zero-order chi connectivity index (χ0) is 12.5. The molecule has 2 heterocycles. The van der Waals surface area contributed by atoms with Gasteiger partial charge in [0, 0.05) is 11.3 Å². The highest BCUT2D eigenvalue weighted by molar-refractivity contribution is 7.15. The Morgan fingerprint density at radius 1 is 1.44 bits per heavy atom. The molecule has 0 aromatic carbocycles. The summed E-state index contributed by atoms with van der Waals surface area (Å²) in [6, 6.07) is 0. The number of anilines is 1. The third-order valence-electron chi connectivity index (χ3n) is 3.46. The molecule has 1 aliphatic carbocycles. The molecule has 2 aromatic rings. The van der Waals surface area contributed by atoms with E-state index in [9.17, 15) is 4.79 Å². The lowest BCUT2D eigenvalue weighted by Crippen LogP contribution is -2.25. The first-order valence-electron chi connectivity index (χ1n) is 6.36. The van der Waals surface area contributed by atoms with Crippen molar-refractivity contribution in [3.05, 3.63) is 11.1 Å². The fraction of sp³-hybridized carbons (Fsp3) is 0.583. The van der Waals surface area contributed by atoms with Crippen molar-refractivity contribution in [3.8, 4) is 0 Å². The van der Waals surface area contributed by atoms with Gasteiger partial charge in [-0.05, 0) is 19.8 Å². The summed E-state index contributed by atoms with van der Waals surface area (Å²) in [5, 5.41) is 9.13. The summed E-state index contributed by atoms with van der Waals surface area (Å²) in [6.45, 7) is 1.98. The van der Waals surface area contributed by atoms with Crippen molar-refractivity contribution in [1.82, 2.24) is 14.6 Å². The van der Waals surface area contributed by atoms with Gasteiger partial charge in [0.15, 0.2) is 0 Å². The number of carbonyl (C=O) groups excluding carboxylic acids is 1. The molecule has 6 heteroatoms. The van der Waals surface area contributed by atoms with Gasteiger partial charge in [-0.15, -0.1) is 16.4 Å². The largest absolute Gasteiger partial charge is 0.293 e. The Labute approximate surface area is 109 Å². The summed E-state index contributed by atoms with van der Waals surface area (Å²) in [7, 11) is 0.